The van der Waals surface area contributed by atoms with Crippen molar-refractivity contribution in [3.8, 4) is 6.07 Å². The monoisotopic (exact) mass is 273 g/mol. The highest BCUT2D eigenvalue weighted by atomic mass is 32.1. The van der Waals surface area contributed by atoms with Gasteiger partial charge < -0.3 is 10.4 Å². The van der Waals surface area contributed by atoms with E-state index in [1.54, 1.807) is 25.1 Å². The second kappa shape index (κ2) is 5.50. The van der Waals surface area contributed by atoms with Crippen molar-refractivity contribution in [3.05, 3.63) is 45.8 Å². The molecule has 2 aromatic heterocycles. The van der Waals surface area contributed by atoms with Gasteiger partial charge in [0.1, 0.15) is 5.82 Å². The number of carboxylic acid groups (broad SMARTS) is 1. The average Bonchev–Trinajstić information content (AvgIpc) is 2.88. The number of aryl methyl sites for hydroxylation is 1. The molecule has 1 unspecified atom stereocenters. The molecule has 0 aliphatic heterocycles. The Balaban J connectivity index is 2.30. The van der Waals surface area contributed by atoms with Crippen molar-refractivity contribution in [1.29, 1.82) is 5.26 Å². The van der Waals surface area contributed by atoms with Crippen LogP contribution in [-0.4, -0.2) is 16.1 Å². The van der Waals surface area contributed by atoms with Gasteiger partial charge in [0.15, 0.2) is 6.04 Å². The van der Waals surface area contributed by atoms with Gasteiger partial charge in [0, 0.05) is 10.6 Å². The van der Waals surface area contributed by atoms with Gasteiger partial charge >= 0.3 is 5.97 Å². The normalized spacial score (nSPS) is 11.6. The molecule has 96 valence electrons. The fraction of sp³-hybridized carbons (Fsp3) is 0.154. The van der Waals surface area contributed by atoms with Crippen molar-refractivity contribution in [2.24, 2.45) is 0 Å². The molecule has 2 rings (SSSR count). The molecule has 2 aromatic rings. The molecule has 0 saturated heterocycles. The average molecular weight is 273 g/mol. The zero-order valence-electron chi connectivity index (χ0n) is 10.1. The van der Waals surface area contributed by atoms with Gasteiger partial charge in [-0.15, -0.1) is 11.3 Å². The summed E-state index contributed by atoms with van der Waals surface area (Å²) in [6, 6.07) is 7.88. The summed E-state index contributed by atoms with van der Waals surface area (Å²) in [5, 5.41) is 22.8. The van der Waals surface area contributed by atoms with Gasteiger partial charge in [-0.05, 0) is 30.5 Å². The first kappa shape index (κ1) is 13.1. The van der Waals surface area contributed by atoms with Crippen molar-refractivity contribution in [2.75, 3.05) is 5.32 Å². The lowest BCUT2D eigenvalue weighted by Gasteiger charge is -2.14. The van der Waals surface area contributed by atoms with Crippen LogP contribution in [0.2, 0.25) is 0 Å². The largest absolute Gasteiger partial charge is 0.479 e. The van der Waals surface area contributed by atoms with Gasteiger partial charge in [-0.1, -0.05) is 6.07 Å². The highest BCUT2D eigenvalue weighted by Gasteiger charge is 2.21. The molecule has 1 atom stereocenters. The maximum atomic E-state index is 11.3. The van der Waals surface area contributed by atoms with E-state index in [1.165, 1.54) is 17.4 Å². The Morgan fingerprint density at radius 3 is 2.95 bits per heavy atom. The molecule has 0 amide bonds. The lowest BCUT2D eigenvalue weighted by atomic mass is 10.2. The lowest BCUT2D eigenvalue weighted by Crippen LogP contribution is -2.20. The second-order valence-electron chi connectivity index (χ2n) is 3.93. The zero-order valence-corrected chi connectivity index (χ0v) is 10.9. The molecule has 0 fully saturated rings. The maximum Gasteiger partial charge on any atom is 0.331 e. The summed E-state index contributed by atoms with van der Waals surface area (Å²) in [5.41, 5.74) is 1.11. The standard InChI is InChI=1S/C13H11N3O2S/c1-8-5-9(7-14)6-11(15-8)16-12(13(17)18)10-3-2-4-19-10/h2-6,12H,1H3,(H,15,16)(H,17,18). The number of nitriles is 1. The number of thiophene rings is 1. The third-order valence-electron chi connectivity index (χ3n) is 2.45. The van der Waals surface area contributed by atoms with E-state index < -0.39 is 12.0 Å². The molecule has 0 saturated carbocycles. The summed E-state index contributed by atoms with van der Waals surface area (Å²) in [6.45, 7) is 1.76. The quantitative estimate of drug-likeness (QED) is 0.894. The highest BCUT2D eigenvalue weighted by Crippen LogP contribution is 2.23. The summed E-state index contributed by atoms with van der Waals surface area (Å²) >= 11 is 1.36. The fourth-order valence-corrected chi connectivity index (χ4v) is 2.43. The third-order valence-corrected chi connectivity index (χ3v) is 3.39. The number of anilines is 1. The first-order valence-corrected chi connectivity index (χ1v) is 6.39. The molecule has 2 heterocycles. The van der Waals surface area contributed by atoms with Gasteiger partial charge in [0.25, 0.3) is 0 Å². The van der Waals surface area contributed by atoms with Gasteiger partial charge in [0.2, 0.25) is 0 Å². The van der Waals surface area contributed by atoms with Crippen molar-refractivity contribution >= 4 is 23.1 Å². The summed E-state index contributed by atoms with van der Waals surface area (Å²) in [6.07, 6.45) is 0. The molecule has 5 nitrogen and oxygen atoms in total. The Labute approximate surface area is 114 Å². The topological polar surface area (TPSA) is 86.0 Å². The molecular weight excluding hydrogens is 262 g/mol. The number of rotatable bonds is 4. The van der Waals surface area contributed by atoms with Crippen LogP contribution in [0, 0.1) is 18.3 Å². The van der Waals surface area contributed by atoms with Crippen LogP contribution in [0.1, 0.15) is 22.2 Å². The van der Waals surface area contributed by atoms with Gasteiger partial charge in [-0.25, -0.2) is 9.78 Å². The smallest absolute Gasteiger partial charge is 0.331 e. The van der Waals surface area contributed by atoms with Gasteiger partial charge in [-0.2, -0.15) is 5.26 Å². The molecule has 2 N–H and O–H groups in total. The minimum atomic E-state index is -0.982. The molecule has 19 heavy (non-hydrogen) atoms. The van der Waals surface area contributed by atoms with Crippen LogP contribution >= 0.6 is 11.3 Å². The van der Waals surface area contributed by atoms with Crippen molar-refractivity contribution in [1.82, 2.24) is 4.98 Å². The Morgan fingerprint density at radius 2 is 2.37 bits per heavy atom. The summed E-state index contributed by atoms with van der Waals surface area (Å²) < 4.78 is 0. The highest BCUT2D eigenvalue weighted by molar-refractivity contribution is 7.10. The predicted octanol–water partition coefficient (Wildman–Crippen LogP) is 2.56. The van der Waals surface area contributed by atoms with Crippen LogP contribution in [0.25, 0.3) is 0 Å². The predicted molar refractivity (Wildman–Crippen MR) is 72.0 cm³/mol. The fourth-order valence-electron chi connectivity index (χ4n) is 1.67. The molecule has 0 bridgehead atoms. The summed E-state index contributed by atoms with van der Waals surface area (Å²) in [4.78, 5) is 16.2. The Kier molecular flexibility index (Phi) is 3.78. The lowest BCUT2D eigenvalue weighted by molar-refractivity contribution is -0.138. The first-order chi connectivity index (χ1) is 9.10. The molecule has 0 spiro atoms. The second-order valence-corrected chi connectivity index (χ2v) is 4.90. The van der Waals surface area contributed by atoms with E-state index in [-0.39, 0.29) is 0 Å². The van der Waals surface area contributed by atoms with E-state index in [9.17, 15) is 9.90 Å². The molecule has 0 aromatic carbocycles. The van der Waals surface area contributed by atoms with Crippen LogP contribution in [0.4, 0.5) is 5.82 Å². The van der Waals surface area contributed by atoms with E-state index in [2.05, 4.69) is 10.3 Å². The van der Waals surface area contributed by atoms with Gasteiger partial charge in [-0.3, -0.25) is 0 Å². The Hall–Kier alpha value is -2.39. The van der Waals surface area contributed by atoms with Crippen molar-refractivity contribution < 1.29 is 9.90 Å². The SMILES string of the molecule is Cc1cc(C#N)cc(NC(C(=O)O)c2cccs2)n1. The number of hydrogen-bond acceptors (Lipinski definition) is 5. The van der Waals surface area contributed by atoms with E-state index >= 15 is 0 Å². The van der Waals surface area contributed by atoms with Crippen LogP contribution in [0.3, 0.4) is 0 Å². The molecular formula is C13H11N3O2S. The van der Waals surface area contributed by atoms with E-state index in [0.717, 1.165) is 0 Å². The van der Waals surface area contributed by atoms with Crippen LogP contribution in [-0.2, 0) is 4.79 Å². The van der Waals surface area contributed by atoms with Crippen molar-refractivity contribution in [3.63, 3.8) is 0 Å². The van der Waals surface area contributed by atoms with Crippen LogP contribution in [0.15, 0.2) is 29.6 Å². The Morgan fingerprint density at radius 1 is 1.58 bits per heavy atom. The van der Waals surface area contributed by atoms with Crippen LogP contribution < -0.4 is 5.32 Å². The zero-order chi connectivity index (χ0) is 13.8. The number of nitrogens with one attached hydrogen (secondary N) is 1. The number of pyridine rings is 1. The maximum absolute atomic E-state index is 11.3. The van der Waals surface area contributed by atoms with E-state index in [4.69, 9.17) is 5.26 Å². The first-order valence-electron chi connectivity index (χ1n) is 5.51. The molecule has 0 aliphatic rings. The van der Waals surface area contributed by atoms with Crippen LogP contribution in [0.5, 0.6) is 0 Å². The number of nitrogens with zero attached hydrogens (tertiary/aromatic N) is 2. The number of aliphatic carboxylic acids is 1. The minimum absolute atomic E-state index is 0.386. The number of aromatic nitrogens is 1. The molecule has 0 radical (unpaired) electrons. The van der Waals surface area contributed by atoms with E-state index in [0.29, 0.717) is 22.0 Å². The molecule has 0 aliphatic carbocycles. The Bertz CT molecular complexity index is 632. The number of carboxylic acids is 1. The number of carbonyl (C=O) groups is 1. The minimum Gasteiger partial charge on any atom is -0.479 e. The summed E-state index contributed by atoms with van der Waals surface area (Å²) in [5.74, 6) is -0.596. The number of hydrogen-bond donors (Lipinski definition) is 2. The van der Waals surface area contributed by atoms with Gasteiger partial charge in [0.05, 0.1) is 11.6 Å². The summed E-state index contributed by atoms with van der Waals surface area (Å²) in [7, 11) is 0. The van der Waals surface area contributed by atoms with E-state index in [1.807, 2.05) is 11.4 Å². The third kappa shape index (κ3) is 3.09. The molecule has 6 heteroatoms. The van der Waals surface area contributed by atoms with Crippen molar-refractivity contribution in [2.45, 2.75) is 13.0 Å².